The predicted molar refractivity (Wildman–Crippen MR) is 127 cm³/mol. The van der Waals surface area contributed by atoms with Crippen molar-refractivity contribution in [2.45, 2.75) is 51.5 Å². The molecule has 3 N–H and O–H groups in total. The molecule has 0 fully saturated rings. The fourth-order valence-electron chi connectivity index (χ4n) is 3.73. The van der Waals surface area contributed by atoms with Crippen LogP contribution in [-0.4, -0.2) is 31.6 Å². The molecular formula is C24H27N5O2S. The predicted octanol–water partition coefficient (Wildman–Crippen LogP) is 5.42. The van der Waals surface area contributed by atoms with Gasteiger partial charge in [-0.25, -0.2) is 4.98 Å². The number of amides is 1. The van der Waals surface area contributed by atoms with Crippen LogP contribution in [0.1, 0.15) is 67.0 Å². The summed E-state index contributed by atoms with van der Waals surface area (Å²) in [7, 11) is 0. The third-order valence-corrected chi connectivity index (χ3v) is 6.37. The molecule has 1 amide bonds. The Bertz CT molecular complexity index is 1180. The fraction of sp³-hybridized carbons (Fsp3) is 0.333. The summed E-state index contributed by atoms with van der Waals surface area (Å²) in [6.45, 7) is 1.90. The lowest BCUT2D eigenvalue weighted by Gasteiger charge is -2.16. The number of carbonyl (C=O) groups excluding carboxylic acids is 2. The molecule has 1 aromatic carbocycles. The first-order valence-corrected chi connectivity index (χ1v) is 11.9. The van der Waals surface area contributed by atoms with E-state index >= 15 is 0 Å². The van der Waals surface area contributed by atoms with Crippen LogP contribution in [0.25, 0.3) is 22.2 Å². The minimum absolute atomic E-state index is 0.149. The number of imidazole rings is 1. The van der Waals surface area contributed by atoms with E-state index in [2.05, 4.69) is 43.5 Å². The molecule has 0 bridgehead atoms. The van der Waals surface area contributed by atoms with E-state index in [1.807, 2.05) is 25.4 Å². The molecule has 0 aliphatic heterocycles. The van der Waals surface area contributed by atoms with Crippen LogP contribution in [-0.2, 0) is 4.79 Å². The van der Waals surface area contributed by atoms with E-state index in [-0.39, 0.29) is 11.9 Å². The van der Waals surface area contributed by atoms with Gasteiger partial charge < -0.3 is 15.3 Å². The summed E-state index contributed by atoms with van der Waals surface area (Å²) in [6.07, 6.45) is 9.99. The van der Waals surface area contributed by atoms with Crippen molar-refractivity contribution in [1.29, 1.82) is 0 Å². The largest absolute Gasteiger partial charge is 0.361 e. The molecule has 3 heterocycles. The van der Waals surface area contributed by atoms with E-state index < -0.39 is 0 Å². The number of Topliss-reactive ketones (excluding diaryl/α,β-unsaturated/α-hetero) is 1. The van der Waals surface area contributed by atoms with Gasteiger partial charge in [0.15, 0.2) is 0 Å². The van der Waals surface area contributed by atoms with E-state index in [9.17, 15) is 9.59 Å². The zero-order valence-electron chi connectivity index (χ0n) is 18.1. The monoisotopic (exact) mass is 449 g/mol. The SMILES string of the molecule is CCC(=O)CCCCC[C@H](NC(=O)c1cncs1)c1ncc(-c2ccc3cc[nH]c3c2)[nH]1. The quantitative estimate of drug-likeness (QED) is 0.266. The van der Waals surface area contributed by atoms with E-state index in [1.54, 1.807) is 11.7 Å². The topological polar surface area (TPSA) is 104 Å². The van der Waals surface area contributed by atoms with Crippen LogP contribution < -0.4 is 5.32 Å². The Morgan fingerprint density at radius 3 is 2.88 bits per heavy atom. The standard InChI is InChI=1S/C24H27N5O2S/c1-2-18(30)6-4-3-5-7-19(29-24(31)22-14-25-15-32-22)23-27-13-21(28-23)17-9-8-16-10-11-26-20(16)12-17/h8-15,19,26H,2-7H2,1H3,(H,27,28)(H,29,31)/t19-/m0/s1. The smallest absolute Gasteiger partial charge is 0.263 e. The Morgan fingerprint density at radius 2 is 2.06 bits per heavy atom. The van der Waals surface area contributed by atoms with Gasteiger partial charge in [0.05, 0.1) is 29.6 Å². The maximum Gasteiger partial charge on any atom is 0.263 e. The lowest BCUT2D eigenvalue weighted by molar-refractivity contribution is -0.118. The van der Waals surface area contributed by atoms with Crippen molar-refractivity contribution in [2.24, 2.45) is 0 Å². The molecule has 3 aromatic heterocycles. The molecule has 32 heavy (non-hydrogen) atoms. The van der Waals surface area contributed by atoms with Gasteiger partial charge in [-0.2, -0.15) is 0 Å². The third kappa shape index (κ3) is 5.31. The van der Waals surface area contributed by atoms with Crippen LogP contribution in [0, 0.1) is 0 Å². The lowest BCUT2D eigenvalue weighted by Crippen LogP contribution is -2.28. The number of fused-ring (bicyclic) bond motifs is 1. The van der Waals surface area contributed by atoms with Gasteiger partial charge in [0, 0.05) is 30.1 Å². The third-order valence-electron chi connectivity index (χ3n) is 5.60. The minimum atomic E-state index is -0.241. The van der Waals surface area contributed by atoms with Gasteiger partial charge in [-0.15, -0.1) is 11.3 Å². The number of nitrogens with one attached hydrogen (secondary N) is 3. The number of nitrogens with zero attached hydrogens (tertiary/aromatic N) is 2. The maximum absolute atomic E-state index is 12.7. The van der Waals surface area contributed by atoms with Gasteiger partial charge in [-0.1, -0.05) is 31.9 Å². The van der Waals surface area contributed by atoms with Crippen LogP contribution in [0.15, 0.2) is 48.4 Å². The minimum Gasteiger partial charge on any atom is -0.361 e. The Morgan fingerprint density at radius 1 is 1.16 bits per heavy atom. The van der Waals surface area contributed by atoms with E-state index in [0.717, 1.165) is 53.7 Å². The average Bonchev–Trinajstić information content (AvgIpc) is 3.58. The first-order valence-electron chi connectivity index (χ1n) is 11.0. The number of H-pyrrole nitrogens is 2. The Hall–Kier alpha value is -3.26. The van der Waals surface area contributed by atoms with Crippen molar-refractivity contribution in [2.75, 3.05) is 0 Å². The lowest BCUT2D eigenvalue weighted by atomic mass is 10.0. The number of thiazole rings is 1. The summed E-state index contributed by atoms with van der Waals surface area (Å²) in [5.74, 6) is 0.883. The van der Waals surface area contributed by atoms with Gasteiger partial charge in [-0.05, 0) is 30.4 Å². The van der Waals surface area contributed by atoms with Crippen molar-refractivity contribution < 1.29 is 9.59 Å². The Kier molecular flexibility index (Phi) is 7.11. The second kappa shape index (κ2) is 10.4. The summed E-state index contributed by atoms with van der Waals surface area (Å²) >= 11 is 1.32. The molecule has 0 radical (unpaired) electrons. The van der Waals surface area contributed by atoms with Crippen LogP contribution in [0.4, 0.5) is 0 Å². The highest BCUT2D eigenvalue weighted by molar-refractivity contribution is 7.11. The molecule has 0 saturated heterocycles. The molecule has 8 heteroatoms. The Balaban J connectivity index is 1.47. The average molecular weight is 450 g/mol. The first-order chi connectivity index (χ1) is 15.6. The zero-order valence-corrected chi connectivity index (χ0v) is 18.9. The number of hydrogen-bond acceptors (Lipinski definition) is 5. The van der Waals surface area contributed by atoms with Gasteiger partial charge in [0.2, 0.25) is 0 Å². The molecule has 4 aromatic rings. The van der Waals surface area contributed by atoms with Crippen molar-refractivity contribution >= 4 is 33.9 Å². The number of benzene rings is 1. The number of rotatable bonds is 11. The van der Waals surface area contributed by atoms with Crippen LogP contribution in [0.5, 0.6) is 0 Å². The summed E-state index contributed by atoms with van der Waals surface area (Å²) in [5.41, 5.74) is 4.65. The molecule has 7 nitrogen and oxygen atoms in total. The summed E-state index contributed by atoms with van der Waals surface area (Å²) in [4.78, 5) is 40.0. The second-order valence-corrected chi connectivity index (χ2v) is 8.73. The summed E-state index contributed by atoms with van der Waals surface area (Å²) in [5, 5.41) is 4.26. The molecule has 0 aliphatic rings. The maximum atomic E-state index is 12.7. The number of carbonyl (C=O) groups is 2. The summed E-state index contributed by atoms with van der Waals surface area (Å²) in [6, 6.07) is 8.01. The molecule has 1 atom stereocenters. The fourth-order valence-corrected chi connectivity index (χ4v) is 4.26. The highest BCUT2D eigenvalue weighted by Gasteiger charge is 2.20. The van der Waals surface area contributed by atoms with Crippen molar-refractivity contribution in [3.05, 3.63) is 59.1 Å². The molecule has 0 unspecified atom stereocenters. The number of aromatic nitrogens is 4. The number of ketones is 1. The van der Waals surface area contributed by atoms with Crippen LogP contribution in [0.2, 0.25) is 0 Å². The first kappa shape index (κ1) is 22.0. The van der Waals surface area contributed by atoms with Crippen LogP contribution in [0.3, 0.4) is 0 Å². The highest BCUT2D eigenvalue weighted by atomic mass is 32.1. The highest BCUT2D eigenvalue weighted by Crippen LogP contribution is 2.25. The molecule has 0 saturated carbocycles. The molecule has 166 valence electrons. The van der Waals surface area contributed by atoms with Crippen molar-refractivity contribution in [1.82, 2.24) is 25.3 Å². The molecular weight excluding hydrogens is 422 g/mol. The van der Waals surface area contributed by atoms with Gasteiger partial charge in [-0.3, -0.25) is 14.6 Å². The van der Waals surface area contributed by atoms with E-state index in [4.69, 9.17) is 0 Å². The summed E-state index contributed by atoms with van der Waals surface area (Å²) < 4.78 is 0. The van der Waals surface area contributed by atoms with Gasteiger partial charge in [0.25, 0.3) is 5.91 Å². The molecule has 0 aliphatic carbocycles. The normalized spacial score (nSPS) is 12.2. The number of aromatic amines is 2. The van der Waals surface area contributed by atoms with Gasteiger partial charge >= 0.3 is 0 Å². The van der Waals surface area contributed by atoms with Crippen molar-refractivity contribution in [3.8, 4) is 11.3 Å². The van der Waals surface area contributed by atoms with E-state index in [0.29, 0.717) is 23.5 Å². The van der Waals surface area contributed by atoms with E-state index in [1.165, 1.54) is 11.3 Å². The van der Waals surface area contributed by atoms with Crippen molar-refractivity contribution in [3.63, 3.8) is 0 Å². The zero-order chi connectivity index (χ0) is 22.3. The van der Waals surface area contributed by atoms with Crippen LogP contribution >= 0.6 is 11.3 Å². The molecule has 0 spiro atoms. The number of unbranched alkanes of at least 4 members (excludes halogenated alkanes) is 2. The second-order valence-electron chi connectivity index (χ2n) is 7.85. The molecule has 4 rings (SSSR count). The Labute approximate surface area is 190 Å². The van der Waals surface area contributed by atoms with Gasteiger partial charge in [0.1, 0.15) is 16.5 Å². The number of hydrogen-bond donors (Lipinski definition) is 3.